The van der Waals surface area contributed by atoms with Crippen molar-refractivity contribution in [2.24, 2.45) is 0 Å². The molecule has 6 heteroatoms. The van der Waals surface area contributed by atoms with Gasteiger partial charge in [-0.15, -0.1) is 0 Å². The Morgan fingerprint density at radius 1 is 1.33 bits per heavy atom. The van der Waals surface area contributed by atoms with E-state index in [0.717, 1.165) is 0 Å². The van der Waals surface area contributed by atoms with Gasteiger partial charge in [-0.3, -0.25) is 9.59 Å². The highest BCUT2D eigenvalue weighted by Crippen LogP contribution is 1.97. The Kier molecular flexibility index (Phi) is 6.08. The van der Waals surface area contributed by atoms with Crippen molar-refractivity contribution in [2.45, 2.75) is 32.8 Å². The van der Waals surface area contributed by atoms with Crippen LogP contribution in [-0.4, -0.2) is 35.7 Å². The van der Waals surface area contributed by atoms with Crippen LogP contribution in [0.3, 0.4) is 0 Å². The van der Waals surface area contributed by atoms with Crippen LogP contribution in [-0.2, 0) is 23.9 Å². The molecular formula is C9H14O6. The lowest BCUT2D eigenvalue weighted by molar-refractivity contribution is -0.165. The lowest BCUT2D eigenvalue weighted by Crippen LogP contribution is -2.25. The first-order valence-corrected chi connectivity index (χ1v) is 4.49. The number of rotatable bonds is 6. The molecule has 0 rings (SSSR count). The largest absolute Gasteiger partial charge is 0.481 e. The van der Waals surface area contributed by atoms with Gasteiger partial charge in [-0.1, -0.05) is 0 Å². The molecule has 0 aromatic carbocycles. The fraction of sp³-hybridized carbons (Fsp3) is 0.667. The molecule has 0 heterocycles. The Hall–Kier alpha value is -1.59. The lowest BCUT2D eigenvalue weighted by atomic mass is 10.3. The third-order valence-corrected chi connectivity index (χ3v) is 1.45. The van der Waals surface area contributed by atoms with Crippen molar-refractivity contribution in [3.63, 3.8) is 0 Å². The van der Waals surface area contributed by atoms with E-state index in [1.54, 1.807) is 0 Å². The zero-order valence-electron chi connectivity index (χ0n) is 8.69. The maximum Gasteiger partial charge on any atom is 0.347 e. The number of aliphatic carboxylic acids is 1. The van der Waals surface area contributed by atoms with Gasteiger partial charge in [-0.2, -0.15) is 0 Å². The molecule has 0 saturated carbocycles. The molecule has 15 heavy (non-hydrogen) atoms. The molecule has 0 amide bonds. The number of carboxylic acids is 1. The van der Waals surface area contributed by atoms with Crippen LogP contribution in [0.1, 0.15) is 26.7 Å². The topological polar surface area (TPSA) is 89.9 Å². The minimum atomic E-state index is -0.952. The number of ether oxygens (including phenoxy) is 2. The number of hydrogen-bond donors (Lipinski definition) is 1. The Labute approximate surface area is 87.2 Å². The molecule has 86 valence electrons. The number of esters is 2. The number of carbonyl (C=O) groups excluding carboxylic acids is 2. The van der Waals surface area contributed by atoms with Crippen molar-refractivity contribution >= 4 is 17.9 Å². The number of carbonyl (C=O) groups is 3. The first-order chi connectivity index (χ1) is 6.93. The maximum atomic E-state index is 11.1. The molecule has 1 unspecified atom stereocenters. The second kappa shape index (κ2) is 6.80. The van der Waals surface area contributed by atoms with Gasteiger partial charge in [0.1, 0.15) is 0 Å². The fourth-order valence-electron chi connectivity index (χ4n) is 0.811. The van der Waals surface area contributed by atoms with Gasteiger partial charge in [0, 0.05) is 13.3 Å². The van der Waals surface area contributed by atoms with E-state index in [0.29, 0.717) is 0 Å². The summed E-state index contributed by atoms with van der Waals surface area (Å²) >= 11 is 0. The Morgan fingerprint density at radius 3 is 2.40 bits per heavy atom. The zero-order chi connectivity index (χ0) is 11.8. The highest BCUT2D eigenvalue weighted by atomic mass is 16.6. The van der Waals surface area contributed by atoms with E-state index in [1.807, 2.05) is 0 Å². The molecule has 1 atom stereocenters. The van der Waals surface area contributed by atoms with Crippen LogP contribution in [0.5, 0.6) is 0 Å². The van der Waals surface area contributed by atoms with Gasteiger partial charge in [-0.05, 0) is 13.3 Å². The second-order valence-corrected chi connectivity index (χ2v) is 2.92. The van der Waals surface area contributed by atoms with E-state index >= 15 is 0 Å². The molecule has 0 spiro atoms. The quantitative estimate of drug-likeness (QED) is 0.511. The van der Waals surface area contributed by atoms with E-state index in [1.165, 1.54) is 13.8 Å². The average molecular weight is 218 g/mol. The predicted molar refractivity (Wildman–Crippen MR) is 49.1 cm³/mol. The smallest absolute Gasteiger partial charge is 0.347 e. The van der Waals surface area contributed by atoms with E-state index < -0.39 is 24.0 Å². The summed E-state index contributed by atoms with van der Waals surface area (Å²) < 4.78 is 9.24. The van der Waals surface area contributed by atoms with Gasteiger partial charge in [0.25, 0.3) is 0 Å². The highest BCUT2D eigenvalue weighted by molar-refractivity contribution is 5.78. The van der Waals surface area contributed by atoms with E-state index in [-0.39, 0.29) is 19.4 Å². The Morgan fingerprint density at radius 2 is 1.93 bits per heavy atom. The molecule has 0 radical (unpaired) electrons. The summed E-state index contributed by atoms with van der Waals surface area (Å²) in [7, 11) is 0. The van der Waals surface area contributed by atoms with Crippen molar-refractivity contribution in [3.05, 3.63) is 0 Å². The molecular weight excluding hydrogens is 204 g/mol. The number of carboxylic acid groups (broad SMARTS) is 1. The van der Waals surface area contributed by atoms with Gasteiger partial charge >= 0.3 is 17.9 Å². The van der Waals surface area contributed by atoms with E-state index in [9.17, 15) is 14.4 Å². The third kappa shape index (κ3) is 7.48. The molecule has 0 aliphatic heterocycles. The summed E-state index contributed by atoms with van der Waals surface area (Å²) in [5.74, 6) is -2.18. The zero-order valence-corrected chi connectivity index (χ0v) is 8.69. The SMILES string of the molecule is CC(=O)OC(C)C(=O)OCCCC(=O)O. The molecule has 0 fully saturated rings. The molecule has 0 saturated heterocycles. The Bertz CT molecular complexity index is 247. The summed E-state index contributed by atoms with van der Waals surface area (Å²) in [6.07, 6.45) is -0.768. The summed E-state index contributed by atoms with van der Waals surface area (Å²) in [5, 5.41) is 8.30. The van der Waals surface area contributed by atoms with Gasteiger partial charge < -0.3 is 14.6 Å². The van der Waals surface area contributed by atoms with Gasteiger partial charge in [-0.25, -0.2) is 4.79 Å². The van der Waals surface area contributed by atoms with Crippen LogP contribution in [0.25, 0.3) is 0 Å². The van der Waals surface area contributed by atoms with Crippen LogP contribution >= 0.6 is 0 Å². The van der Waals surface area contributed by atoms with Crippen molar-refractivity contribution < 1.29 is 29.0 Å². The van der Waals surface area contributed by atoms with E-state index in [2.05, 4.69) is 9.47 Å². The summed E-state index contributed by atoms with van der Waals surface area (Å²) in [5.41, 5.74) is 0. The number of hydrogen-bond acceptors (Lipinski definition) is 5. The fourth-order valence-corrected chi connectivity index (χ4v) is 0.811. The normalized spacial score (nSPS) is 11.6. The molecule has 0 aromatic heterocycles. The van der Waals surface area contributed by atoms with Gasteiger partial charge in [0.15, 0.2) is 6.10 Å². The minimum absolute atomic E-state index is 0.0107. The molecule has 1 N–H and O–H groups in total. The minimum Gasteiger partial charge on any atom is -0.481 e. The molecule has 0 aliphatic carbocycles. The molecule has 0 bridgehead atoms. The van der Waals surface area contributed by atoms with Gasteiger partial charge in [0.2, 0.25) is 0 Å². The van der Waals surface area contributed by atoms with Crippen molar-refractivity contribution in [2.75, 3.05) is 6.61 Å². The summed E-state index contributed by atoms with van der Waals surface area (Å²) in [6.45, 7) is 2.59. The van der Waals surface area contributed by atoms with Crippen molar-refractivity contribution in [3.8, 4) is 0 Å². The molecule has 0 aromatic rings. The second-order valence-electron chi connectivity index (χ2n) is 2.92. The van der Waals surface area contributed by atoms with Crippen LogP contribution in [0, 0.1) is 0 Å². The highest BCUT2D eigenvalue weighted by Gasteiger charge is 2.16. The molecule has 6 nitrogen and oxygen atoms in total. The standard InChI is InChI=1S/C9H14O6/c1-6(15-7(2)10)9(13)14-5-3-4-8(11)12/h6H,3-5H2,1-2H3,(H,11,12). The van der Waals surface area contributed by atoms with Crippen LogP contribution in [0.2, 0.25) is 0 Å². The summed E-state index contributed by atoms with van der Waals surface area (Å²) in [6, 6.07) is 0. The summed E-state index contributed by atoms with van der Waals surface area (Å²) in [4.78, 5) is 31.7. The lowest BCUT2D eigenvalue weighted by Gasteiger charge is -2.10. The van der Waals surface area contributed by atoms with Crippen LogP contribution in [0.15, 0.2) is 0 Å². The van der Waals surface area contributed by atoms with Gasteiger partial charge in [0.05, 0.1) is 6.61 Å². The van der Waals surface area contributed by atoms with E-state index in [4.69, 9.17) is 5.11 Å². The Balaban J connectivity index is 3.64. The van der Waals surface area contributed by atoms with Crippen LogP contribution < -0.4 is 0 Å². The first-order valence-electron chi connectivity index (χ1n) is 4.49. The third-order valence-electron chi connectivity index (χ3n) is 1.45. The average Bonchev–Trinajstić information content (AvgIpc) is 2.10. The maximum absolute atomic E-state index is 11.1. The van der Waals surface area contributed by atoms with Crippen molar-refractivity contribution in [1.82, 2.24) is 0 Å². The van der Waals surface area contributed by atoms with Crippen LogP contribution in [0.4, 0.5) is 0 Å². The molecule has 0 aliphatic rings. The predicted octanol–water partition coefficient (Wildman–Crippen LogP) is 0.346. The monoisotopic (exact) mass is 218 g/mol. The van der Waals surface area contributed by atoms with Crippen molar-refractivity contribution in [1.29, 1.82) is 0 Å². The first kappa shape index (κ1) is 13.4.